The molecule has 2 atom stereocenters. The maximum absolute atomic E-state index is 12.6. The largest absolute Gasteiger partial charge is 0.381 e. The molecule has 2 aromatic rings. The molecule has 1 aliphatic carbocycles. The van der Waals surface area contributed by atoms with Gasteiger partial charge in [0.15, 0.2) is 0 Å². The summed E-state index contributed by atoms with van der Waals surface area (Å²) in [4.78, 5) is 16.3. The van der Waals surface area contributed by atoms with E-state index >= 15 is 0 Å². The Hall–Kier alpha value is -2.19. The van der Waals surface area contributed by atoms with Gasteiger partial charge in [-0.25, -0.2) is 17.9 Å². The minimum atomic E-state index is -3.99. The van der Waals surface area contributed by atoms with Crippen molar-refractivity contribution < 1.29 is 17.9 Å². The van der Waals surface area contributed by atoms with Gasteiger partial charge < -0.3 is 10.1 Å². The summed E-state index contributed by atoms with van der Waals surface area (Å²) in [5.74, 6) is 0.239. The van der Waals surface area contributed by atoms with Crippen LogP contribution in [0.15, 0.2) is 41.4 Å². The van der Waals surface area contributed by atoms with Crippen LogP contribution >= 0.6 is 0 Å². The predicted octanol–water partition coefficient (Wildman–Crippen LogP) is 2.28. The number of rotatable bonds is 5. The molecule has 0 radical (unpaired) electrons. The van der Waals surface area contributed by atoms with E-state index in [0.717, 1.165) is 6.42 Å². The molecule has 0 bridgehead atoms. The second kappa shape index (κ2) is 6.85. The van der Waals surface area contributed by atoms with E-state index in [9.17, 15) is 13.2 Å². The molecule has 1 aromatic heterocycles. The van der Waals surface area contributed by atoms with Crippen LogP contribution in [0.4, 0.5) is 4.79 Å². The third kappa shape index (κ3) is 3.39. The molecule has 1 heterocycles. The number of pyridine rings is 1. The van der Waals surface area contributed by atoms with E-state index in [1.807, 2.05) is 0 Å². The smallest absolute Gasteiger partial charge is 0.328 e. The topological polar surface area (TPSA) is 97.4 Å². The summed E-state index contributed by atoms with van der Waals surface area (Å²) in [5.41, 5.74) is 0.500. The van der Waals surface area contributed by atoms with E-state index < -0.39 is 16.1 Å². The number of amides is 2. The summed E-state index contributed by atoms with van der Waals surface area (Å²) in [6, 6.07) is 7.37. The van der Waals surface area contributed by atoms with Crippen molar-refractivity contribution in [2.45, 2.75) is 31.3 Å². The summed E-state index contributed by atoms with van der Waals surface area (Å²) >= 11 is 0. The first-order chi connectivity index (χ1) is 12.3. The Morgan fingerprint density at radius 3 is 2.77 bits per heavy atom. The van der Waals surface area contributed by atoms with Crippen LogP contribution in [-0.2, 0) is 14.8 Å². The van der Waals surface area contributed by atoms with Crippen LogP contribution in [-0.4, -0.2) is 39.2 Å². The van der Waals surface area contributed by atoms with Crippen LogP contribution in [0.3, 0.4) is 0 Å². The molecule has 0 spiro atoms. The van der Waals surface area contributed by atoms with Crippen LogP contribution in [0, 0.1) is 11.3 Å². The number of carbonyl (C=O) groups excluding carboxylic acids is 1. The van der Waals surface area contributed by atoms with E-state index in [4.69, 9.17) is 4.74 Å². The quantitative estimate of drug-likeness (QED) is 0.833. The van der Waals surface area contributed by atoms with Crippen LogP contribution in [0.5, 0.6) is 0 Å². The first-order valence-corrected chi connectivity index (χ1v) is 9.91. The molecule has 7 nitrogen and oxygen atoms in total. The third-order valence-electron chi connectivity index (χ3n) is 5.30. The number of nitrogens with zero attached hydrogens (tertiary/aromatic N) is 1. The van der Waals surface area contributed by atoms with Gasteiger partial charge in [0.05, 0.1) is 16.5 Å². The Morgan fingerprint density at radius 2 is 2.08 bits per heavy atom. The van der Waals surface area contributed by atoms with Crippen LogP contribution in [0.25, 0.3) is 10.9 Å². The molecule has 8 heteroatoms. The van der Waals surface area contributed by atoms with Crippen LogP contribution in [0.1, 0.15) is 20.3 Å². The van der Waals surface area contributed by atoms with Crippen LogP contribution in [0.2, 0.25) is 0 Å². The van der Waals surface area contributed by atoms with Crippen molar-refractivity contribution in [3.05, 3.63) is 36.5 Å². The number of urea groups is 1. The number of nitrogens with one attached hydrogen (secondary N) is 2. The molecule has 1 saturated carbocycles. The summed E-state index contributed by atoms with van der Waals surface area (Å²) in [7, 11) is -2.32. The molecule has 1 fully saturated rings. The number of ether oxygens (including phenoxy) is 1. The molecule has 2 amide bonds. The lowest BCUT2D eigenvalue weighted by atomic mass is 9.60. The standard InChI is InChI=1S/C18H23N3O4S/c1-18(2)12(10-16(18)25-3)11-20-17(22)21-26(23,24)15-8-4-7-14-13(15)6-5-9-19-14/h4-9,12,16H,10-11H2,1-3H3,(H2,20,21,22). The average Bonchev–Trinajstić information content (AvgIpc) is 2.60. The van der Waals surface area contributed by atoms with Gasteiger partial charge in [0.1, 0.15) is 0 Å². The van der Waals surface area contributed by atoms with Gasteiger partial charge in [-0.15, -0.1) is 0 Å². The third-order valence-corrected chi connectivity index (χ3v) is 6.69. The lowest BCUT2D eigenvalue weighted by Gasteiger charge is -2.51. The molecule has 140 valence electrons. The maximum atomic E-state index is 12.6. The summed E-state index contributed by atoms with van der Waals surface area (Å²) in [6.45, 7) is 4.55. The Morgan fingerprint density at radius 1 is 1.31 bits per heavy atom. The summed E-state index contributed by atoms with van der Waals surface area (Å²) in [6.07, 6.45) is 2.59. The molecule has 3 rings (SSSR count). The molecule has 1 aliphatic rings. The minimum absolute atomic E-state index is 0.0293. The molecular weight excluding hydrogens is 354 g/mol. The number of benzene rings is 1. The van der Waals surface area contributed by atoms with Crippen molar-refractivity contribution >= 4 is 27.0 Å². The number of fused-ring (bicyclic) bond motifs is 1. The summed E-state index contributed by atoms with van der Waals surface area (Å²) in [5, 5.41) is 3.13. The average molecular weight is 377 g/mol. The number of sulfonamides is 1. The number of carbonyl (C=O) groups is 1. The molecule has 0 saturated heterocycles. The van der Waals surface area contributed by atoms with Crippen molar-refractivity contribution in [2.24, 2.45) is 11.3 Å². The fraction of sp³-hybridized carbons (Fsp3) is 0.444. The Bertz CT molecular complexity index is 922. The van der Waals surface area contributed by atoms with Crippen molar-refractivity contribution in [3.8, 4) is 0 Å². The number of hydrogen-bond donors (Lipinski definition) is 2. The first kappa shape index (κ1) is 18.6. The fourth-order valence-electron chi connectivity index (χ4n) is 3.45. The van der Waals surface area contributed by atoms with Gasteiger partial charge in [0, 0.05) is 25.2 Å². The van der Waals surface area contributed by atoms with Gasteiger partial charge in [-0.3, -0.25) is 4.98 Å². The Kier molecular flexibility index (Phi) is 4.90. The maximum Gasteiger partial charge on any atom is 0.328 e. The first-order valence-electron chi connectivity index (χ1n) is 8.43. The minimum Gasteiger partial charge on any atom is -0.381 e. The Labute approximate surface area is 153 Å². The van der Waals surface area contributed by atoms with E-state index in [1.54, 1.807) is 37.6 Å². The number of aromatic nitrogens is 1. The second-order valence-electron chi connectivity index (χ2n) is 7.12. The van der Waals surface area contributed by atoms with Gasteiger partial charge in [0.25, 0.3) is 10.0 Å². The molecule has 0 aliphatic heterocycles. The predicted molar refractivity (Wildman–Crippen MR) is 98.1 cm³/mol. The summed E-state index contributed by atoms with van der Waals surface area (Å²) < 4.78 is 32.7. The van der Waals surface area contributed by atoms with E-state index in [0.29, 0.717) is 17.4 Å². The Balaban J connectivity index is 1.67. The van der Waals surface area contributed by atoms with Gasteiger partial charge in [-0.1, -0.05) is 19.9 Å². The van der Waals surface area contributed by atoms with Gasteiger partial charge in [0.2, 0.25) is 0 Å². The van der Waals surface area contributed by atoms with Gasteiger partial charge in [-0.2, -0.15) is 0 Å². The molecular formula is C18H23N3O4S. The van der Waals surface area contributed by atoms with Gasteiger partial charge in [-0.05, 0) is 42.0 Å². The van der Waals surface area contributed by atoms with Crippen molar-refractivity contribution in [1.82, 2.24) is 15.0 Å². The van der Waals surface area contributed by atoms with Gasteiger partial charge >= 0.3 is 6.03 Å². The normalized spacial score (nSPS) is 21.8. The highest BCUT2D eigenvalue weighted by Crippen LogP contribution is 2.47. The zero-order valence-corrected chi connectivity index (χ0v) is 15.8. The SMILES string of the molecule is COC1CC(CNC(=O)NS(=O)(=O)c2cccc3ncccc23)C1(C)C. The highest BCUT2D eigenvalue weighted by atomic mass is 32.2. The van der Waals surface area contributed by atoms with Crippen LogP contribution < -0.4 is 10.0 Å². The van der Waals surface area contributed by atoms with Crippen molar-refractivity contribution in [2.75, 3.05) is 13.7 Å². The lowest BCUT2D eigenvalue weighted by molar-refractivity contribution is -0.118. The second-order valence-corrected chi connectivity index (χ2v) is 8.77. The van der Waals surface area contributed by atoms with E-state index in [2.05, 4.69) is 28.9 Å². The highest BCUT2D eigenvalue weighted by Gasteiger charge is 2.48. The van der Waals surface area contributed by atoms with E-state index in [-0.39, 0.29) is 22.3 Å². The molecule has 26 heavy (non-hydrogen) atoms. The van der Waals surface area contributed by atoms with E-state index in [1.165, 1.54) is 6.07 Å². The molecule has 2 unspecified atom stereocenters. The molecule has 2 N–H and O–H groups in total. The zero-order valence-electron chi connectivity index (χ0n) is 15.0. The molecule has 1 aromatic carbocycles. The van der Waals surface area contributed by atoms with Crippen molar-refractivity contribution in [3.63, 3.8) is 0 Å². The van der Waals surface area contributed by atoms with Crippen molar-refractivity contribution in [1.29, 1.82) is 0 Å². The number of methoxy groups -OCH3 is 1. The monoisotopic (exact) mass is 377 g/mol. The zero-order chi connectivity index (χ0) is 18.9. The highest BCUT2D eigenvalue weighted by molar-refractivity contribution is 7.90. The lowest BCUT2D eigenvalue weighted by Crippen LogP contribution is -2.55. The fourth-order valence-corrected chi connectivity index (χ4v) is 4.60. The number of hydrogen-bond acceptors (Lipinski definition) is 5.